The van der Waals surface area contributed by atoms with Crippen LogP contribution >= 0.6 is 0 Å². The lowest BCUT2D eigenvalue weighted by Gasteiger charge is -2.22. The molecule has 0 spiro atoms. The van der Waals surface area contributed by atoms with Crippen molar-refractivity contribution >= 4 is 0 Å². The Bertz CT molecular complexity index is 570. The van der Waals surface area contributed by atoms with E-state index in [0.29, 0.717) is 0 Å². The molecule has 0 radical (unpaired) electrons. The molecule has 1 aliphatic rings. The van der Waals surface area contributed by atoms with Crippen molar-refractivity contribution in [2.75, 3.05) is 0 Å². The summed E-state index contributed by atoms with van der Waals surface area (Å²) < 4.78 is 0. The molecular formula is C17H19N. The monoisotopic (exact) mass is 237 g/mol. The lowest BCUT2D eigenvalue weighted by atomic mass is 9.86. The molecule has 0 saturated heterocycles. The zero-order chi connectivity index (χ0) is 12.5. The third-order valence-electron chi connectivity index (χ3n) is 4.02. The van der Waals surface area contributed by atoms with E-state index in [4.69, 9.17) is 4.98 Å². The van der Waals surface area contributed by atoms with E-state index in [1.807, 2.05) is 0 Å². The Morgan fingerprint density at radius 1 is 0.944 bits per heavy atom. The molecule has 0 fully saturated rings. The summed E-state index contributed by atoms with van der Waals surface area (Å²) in [7, 11) is 0. The van der Waals surface area contributed by atoms with Gasteiger partial charge in [-0.2, -0.15) is 0 Å². The van der Waals surface area contributed by atoms with Crippen LogP contribution in [0, 0.1) is 13.8 Å². The average molecular weight is 237 g/mol. The van der Waals surface area contributed by atoms with Gasteiger partial charge in [-0.1, -0.05) is 30.3 Å². The van der Waals surface area contributed by atoms with E-state index >= 15 is 0 Å². The quantitative estimate of drug-likeness (QED) is 0.722. The Hall–Kier alpha value is -1.63. The number of hydrogen-bond donors (Lipinski definition) is 0. The first-order valence-corrected chi connectivity index (χ1v) is 6.82. The largest absolute Gasteiger partial charge is 0.258 e. The van der Waals surface area contributed by atoms with E-state index < -0.39 is 0 Å². The molecule has 1 aromatic carbocycles. The average Bonchev–Trinajstić information content (AvgIpc) is 2.41. The molecule has 18 heavy (non-hydrogen) atoms. The topological polar surface area (TPSA) is 12.9 Å². The van der Waals surface area contributed by atoms with Gasteiger partial charge in [-0.15, -0.1) is 0 Å². The van der Waals surface area contributed by atoms with Gasteiger partial charge in [0.15, 0.2) is 0 Å². The molecule has 0 saturated carbocycles. The number of hydrogen-bond acceptors (Lipinski definition) is 1. The SMILES string of the molecule is Cc1nc2c(c(-c3ccccc3)c1C)CCCC2. The van der Waals surface area contributed by atoms with Crippen molar-refractivity contribution in [3.05, 3.63) is 52.8 Å². The number of benzene rings is 1. The second-order valence-corrected chi connectivity index (χ2v) is 5.20. The van der Waals surface area contributed by atoms with E-state index in [1.165, 1.54) is 52.9 Å². The minimum absolute atomic E-state index is 1.15. The van der Waals surface area contributed by atoms with Crippen LogP contribution in [0.1, 0.15) is 35.4 Å². The summed E-state index contributed by atoms with van der Waals surface area (Å²) in [6.07, 6.45) is 4.93. The molecule has 0 atom stereocenters. The molecule has 0 aliphatic heterocycles. The van der Waals surface area contributed by atoms with Gasteiger partial charge < -0.3 is 0 Å². The first kappa shape index (κ1) is 11.5. The van der Waals surface area contributed by atoms with Crippen LogP contribution in [0.15, 0.2) is 30.3 Å². The molecule has 92 valence electrons. The van der Waals surface area contributed by atoms with Crippen LogP contribution in [0.4, 0.5) is 0 Å². The maximum atomic E-state index is 4.80. The molecule has 3 rings (SSSR count). The predicted octanol–water partition coefficient (Wildman–Crippen LogP) is 4.24. The van der Waals surface area contributed by atoms with Gasteiger partial charge in [0.25, 0.3) is 0 Å². The van der Waals surface area contributed by atoms with Gasteiger partial charge in [0.05, 0.1) is 0 Å². The lowest BCUT2D eigenvalue weighted by molar-refractivity contribution is 0.665. The highest BCUT2D eigenvalue weighted by atomic mass is 14.7. The minimum Gasteiger partial charge on any atom is -0.258 e. The standard InChI is InChI=1S/C17H19N/c1-12-13(2)18-16-11-7-6-10-15(16)17(12)14-8-4-3-5-9-14/h3-5,8-9H,6-7,10-11H2,1-2H3. The molecule has 2 aromatic rings. The Morgan fingerprint density at radius 3 is 2.44 bits per heavy atom. The van der Waals surface area contributed by atoms with Crippen molar-refractivity contribution in [1.82, 2.24) is 4.98 Å². The summed E-state index contributed by atoms with van der Waals surface area (Å²) in [5.41, 5.74) is 8.16. The fourth-order valence-corrected chi connectivity index (χ4v) is 2.97. The molecule has 0 N–H and O–H groups in total. The van der Waals surface area contributed by atoms with Crippen LogP contribution in [0.3, 0.4) is 0 Å². The summed E-state index contributed by atoms with van der Waals surface area (Å²) in [4.78, 5) is 4.80. The van der Waals surface area contributed by atoms with E-state index in [0.717, 1.165) is 6.42 Å². The minimum atomic E-state index is 1.15. The summed E-state index contributed by atoms with van der Waals surface area (Å²) in [6, 6.07) is 10.8. The Labute approximate surface area is 109 Å². The van der Waals surface area contributed by atoms with Crippen molar-refractivity contribution < 1.29 is 0 Å². The number of aromatic nitrogens is 1. The van der Waals surface area contributed by atoms with Gasteiger partial charge in [-0.3, -0.25) is 4.98 Å². The third-order valence-corrected chi connectivity index (χ3v) is 4.02. The second-order valence-electron chi connectivity index (χ2n) is 5.20. The van der Waals surface area contributed by atoms with Crippen molar-refractivity contribution in [2.45, 2.75) is 39.5 Å². The molecule has 1 heterocycles. The highest BCUT2D eigenvalue weighted by Crippen LogP contribution is 2.34. The van der Waals surface area contributed by atoms with Crippen LogP contribution in [0.25, 0.3) is 11.1 Å². The van der Waals surface area contributed by atoms with Gasteiger partial charge in [0, 0.05) is 11.4 Å². The maximum absolute atomic E-state index is 4.80. The summed E-state index contributed by atoms with van der Waals surface area (Å²) in [6.45, 7) is 4.34. The highest BCUT2D eigenvalue weighted by Gasteiger charge is 2.18. The Kier molecular flexibility index (Phi) is 2.91. The third kappa shape index (κ3) is 1.84. The van der Waals surface area contributed by atoms with Crippen LogP contribution < -0.4 is 0 Å². The van der Waals surface area contributed by atoms with E-state index in [1.54, 1.807) is 0 Å². The van der Waals surface area contributed by atoms with E-state index in [-0.39, 0.29) is 0 Å². The molecular weight excluding hydrogens is 218 g/mol. The van der Waals surface area contributed by atoms with Gasteiger partial charge in [0.1, 0.15) is 0 Å². The second kappa shape index (κ2) is 4.56. The number of fused-ring (bicyclic) bond motifs is 1. The number of pyridine rings is 1. The first-order valence-electron chi connectivity index (χ1n) is 6.82. The Morgan fingerprint density at radius 2 is 1.67 bits per heavy atom. The molecule has 0 unspecified atom stereocenters. The smallest absolute Gasteiger partial charge is 0.0445 e. The van der Waals surface area contributed by atoms with Crippen LogP contribution in [-0.4, -0.2) is 4.98 Å². The molecule has 1 aliphatic carbocycles. The fraction of sp³-hybridized carbons (Fsp3) is 0.353. The molecule has 1 nitrogen and oxygen atoms in total. The van der Waals surface area contributed by atoms with Gasteiger partial charge in [-0.25, -0.2) is 0 Å². The van der Waals surface area contributed by atoms with Gasteiger partial charge in [0.2, 0.25) is 0 Å². The Balaban J connectivity index is 2.27. The van der Waals surface area contributed by atoms with Crippen LogP contribution in [0.5, 0.6) is 0 Å². The lowest BCUT2D eigenvalue weighted by Crippen LogP contribution is -2.10. The summed E-state index contributed by atoms with van der Waals surface area (Å²) in [5, 5.41) is 0. The molecule has 1 heteroatoms. The zero-order valence-electron chi connectivity index (χ0n) is 11.2. The van der Waals surface area contributed by atoms with Gasteiger partial charge in [-0.05, 0) is 61.8 Å². The van der Waals surface area contributed by atoms with Gasteiger partial charge >= 0.3 is 0 Å². The first-order chi connectivity index (χ1) is 8.77. The normalized spacial score (nSPS) is 14.3. The highest BCUT2D eigenvalue weighted by molar-refractivity contribution is 5.72. The number of rotatable bonds is 1. The van der Waals surface area contributed by atoms with E-state index in [9.17, 15) is 0 Å². The summed E-state index contributed by atoms with van der Waals surface area (Å²) in [5.74, 6) is 0. The van der Waals surface area contributed by atoms with Crippen molar-refractivity contribution in [3.8, 4) is 11.1 Å². The maximum Gasteiger partial charge on any atom is 0.0445 e. The number of aryl methyl sites for hydroxylation is 2. The molecule has 0 amide bonds. The predicted molar refractivity (Wildman–Crippen MR) is 75.8 cm³/mol. The molecule has 0 bridgehead atoms. The van der Waals surface area contributed by atoms with Crippen molar-refractivity contribution in [2.24, 2.45) is 0 Å². The molecule has 1 aromatic heterocycles. The summed E-state index contributed by atoms with van der Waals surface area (Å²) >= 11 is 0. The van der Waals surface area contributed by atoms with Crippen LogP contribution in [-0.2, 0) is 12.8 Å². The van der Waals surface area contributed by atoms with Crippen molar-refractivity contribution in [3.63, 3.8) is 0 Å². The van der Waals surface area contributed by atoms with E-state index in [2.05, 4.69) is 44.2 Å². The van der Waals surface area contributed by atoms with Crippen molar-refractivity contribution in [1.29, 1.82) is 0 Å². The number of nitrogens with zero attached hydrogens (tertiary/aromatic N) is 1. The fourth-order valence-electron chi connectivity index (χ4n) is 2.97. The zero-order valence-corrected chi connectivity index (χ0v) is 11.2. The van der Waals surface area contributed by atoms with Crippen LogP contribution in [0.2, 0.25) is 0 Å².